The lowest BCUT2D eigenvalue weighted by Crippen LogP contribution is -2.59. The standard InChI is InChI=1S/C25H36N6O6/c1-13(2)20(30-22(33)18(26)10-16-11-27-12-28-16)24(35)29-19(9-15-5-7-17(32)8-6-15)23(34)31-21(14(3)4)25(36)37/h5-8,11-14,18-21,32H,9-10,26H2,1-4H3,(H,27,28)(H,29,35)(H,30,33)(H,31,34)(H,36,37). The van der Waals surface area contributed by atoms with E-state index in [2.05, 4.69) is 25.9 Å². The summed E-state index contributed by atoms with van der Waals surface area (Å²) in [6.07, 6.45) is 3.24. The summed E-state index contributed by atoms with van der Waals surface area (Å²) in [5.74, 6) is -3.76. The zero-order valence-corrected chi connectivity index (χ0v) is 21.4. The number of amides is 3. The van der Waals surface area contributed by atoms with E-state index in [1.54, 1.807) is 46.0 Å². The number of nitrogens with one attached hydrogen (secondary N) is 4. The molecule has 202 valence electrons. The number of aromatic amines is 1. The van der Waals surface area contributed by atoms with Crippen molar-refractivity contribution < 1.29 is 29.4 Å². The van der Waals surface area contributed by atoms with E-state index in [4.69, 9.17) is 5.73 Å². The van der Waals surface area contributed by atoms with Crippen LogP contribution in [0.3, 0.4) is 0 Å². The average Bonchev–Trinajstić information content (AvgIpc) is 3.33. The third-order valence-corrected chi connectivity index (χ3v) is 5.82. The van der Waals surface area contributed by atoms with Gasteiger partial charge in [-0.3, -0.25) is 14.4 Å². The maximum atomic E-state index is 13.3. The molecule has 0 aliphatic heterocycles. The van der Waals surface area contributed by atoms with Crippen LogP contribution in [-0.4, -0.2) is 68.0 Å². The second kappa shape index (κ2) is 13.4. The number of carboxylic acids is 1. The minimum Gasteiger partial charge on any atom is -0.508 e. The largest absolute Gasteiger partial charge is 0.508 e. The molecule has 1 aromatic heterocycles. The lowest BCUT2D eigenvalue weighted by Gasteiger charge is -2.27. The number of imidazole rings is 1. The Balaban J connectivity index is 2.19. The molecule has 0 radical (unpaired) electrons. The zero-order chi connectivity index (χ0) is 27.7. The third-order valence-electron chi connectivity index (χ3n) is 5.82. The first-order valence-electron chi connectivity index (χ1n) is 12.0. The molecule has 2 aromatic rings. The normalized spacial score (nSPS) is 14.5. The number of phenolic OH excluding ortho intramolecular Hbond substituents is 1. The number of aliphatic carboxylic acids is 1. The highest BCUT2D eigenvalue weighted by atomic mass is 16.4. The molecule has 12 nitrogen and oxygen atoms in total. The first-order chi connectivity index (χ1) is 17.4. The Morgan fingerprint density at radius 3 is 2.00 bits per heavy atom. The van der Waals surface area contributed by atoms with Crippen LogP contribution in [0.15, 0.2) is 36.8 Å². The Kier molecular flexibility index (Phi) is 10.6. The molecular formula is C25H36N6O6. The molecule has 0 fully saturated rings. The number of hydrogen-bond donors (Lipinski definition) is 7. The van der Waals surface area contributed by atoms with Crippen LogP contribution in [0, 0.1) is 11.8 Å². The van der Waals surface area contributed by atoms with Crippen LogP contribution in [0.1, 0.15) is 39.0 Å². The molecule has 4 atom stereocenters. The van der Waals surface area contributed by atoms with Gasteiger partial charge in [-0.2, -0.15) is 0 Å². The SMILES string of the molecule is CC(C)C(NC(=O)C(Cc1ccc(O)cc1)NC(=O)C(NC(=O)C(N)Cc1cnc[nH]1)C(C)C)C(=O)O. The highest BCUT2D eigenvalue weighted by molar-refractivity contribution is 5.94. The minimum absolute atomic E-state index is 0.0282. The summed E-state index contributed by atoms with van der Waals surface area (Å²) in [6, 6.07) is 1.83. The van der Waals surface area contributed by atoms with Crippen LogP contribution in [0.4, 0.5) is 0 Å². The van der Waals surface area contributed by atoms with E-state index in [0.29, 0.717) is 11.3 Å². The summed E-state index contributed by atoms with van der Waals surface area (Å²) in [5, 5.41) is 26.8. The topological polar surface area (TPSA) is 200 Å². The van der Waals surface area contributed by atoms with Crippen LogP contribution in [0.5, 0.6) is 5.75 Å². The van der Waals surface area contributed by atoms with E-state index >= 15 is 0 Å². The van der Waals surface area contributed by atoms with Gasteiger partial charge in [0.05, 0.1) is 12.4 Å². The zero-order valence-electron chi connectivity index (χ0n) is 21.4. The van der Waals surface area contributed by atoms with Gasteiger partial charge in [-0.1, -0.05) is 39.8 Å². The van der Waals surface area contributed by atoms with Gasteiger partial charge in [0.1, 0.15) is 23.9 Å². The lowest BCUT2D eigenvalue weighted by molar-refractivity contribution is -0.143. The molecular weight excluding hydrogens is 480 g/mol. The Bertz CT molecular complexity index is 1050. The average molecular weight is 517 g/mol. The summed E-state index contributed by atoms with van der Waals surface area (Å²) >= 11 is 0. The third kappa shape index (κ3) is 8.90. The maximum Gasteiger partial charge on any atom is 0.326 e. The number of carbonyl (C=O) groups excluding carboxylic acids is 3. The van der Waals surface area contributed by atoms with Gasteiger partial charge in [0, 0.05) is 24.7 Å². The van der Waals surface area contributed by atoms with Gasteiger partial charge >= 0.3 is 5.97 Å². The van der Waals surface area contributed by atoms with Gasteiger partial charge in [-0.05, 0) is 29.5 Å². The molecule has 0 saturated heterocycles. The quantitative estimate of drug-likeness (QED) is 0.194. The van der Waals surface area contributed by atoms with E-state index in [0.717, 1.165) is 0 Å². The van der Waals surface area contributed by atoms with Crippen LogP contribution < -0.4 is 21.7 Å². The Hall–Kier alpha value is -3.93. The second-order valence-electron chi connectivity index (χ2n) is 9.62. The maximum absolute atomic E-state index is 13.3. The number of aromatic nitrogens is 2. The Labute approximate surface area is 215 Å². The smallest absolute Gasteiger partial charge is 0.326 e. The number of rotatable bonds is 13. The van der Waals surface area contributed by atoms with Gasteiger partial charge < -0.3 is 36.9 Å². The molecule has 37 heavy (non-hydrogen) atoms. The number of H-pyrrole nitrogens is 1. The molecule has 4 unspecified atom stereocenters. The van der Waals surface area contributed by atoms with Gasteiger partial charge in [0.25, 0.3) is 0 Å². The van der Waals surface area contributed by atoms with Crippen molar-refractivity contribution >= 4 is 23.7 Å². The predicted octanol–water partition coefficient (Wildman–Crippen LogP) is 0.0788. The molecule has 8 N–H and O–H groups in total. The van der Waals surface area contributed by atoms with Gasteiger partial charge in [-0.15, -0.1) is 0 Å². The summed E-state index contributed by atoms with van der Waals surface area (Å²) in [6.45, 7) is 6.78. The van der Waals surface area contributed by atoms with Crippen molar-refractivity contribution in [3.05, 3.63) is 48.0 Å². The molecule has 0 aliphatic rings. The number of aromatic hydroxyl groups is 1. The summed E-state index contributed by atoms with van der Waals surface area (Å²) in [5.41, 5.74) is 7.29. The number of nitrogens with two attached hydrogens (primary N) is 1. The van der Waals surface area contributed by atoms with E-state index in [1.807, 2.05) is 0 Å². The number of nitrogens with zero attached hydrogens (tertiary/aromatic N) is 1. The first kappa shape index (κ1) is 29.3. The van der Waals surface area contributed by atoms with Crippen LogP contribution in [-0.2, 0) is 32.0 Å². The van der Waals surface area contributed by atoms with E-state index in [1.165, 1.54) is 18.5 Å². The van der Waals surface area contributed by atoms with E-state index < -0.39 is 53.8 Å². The second-order valence-corrected chi connectivity index (χ2v) is 9.62. The van der Waals surface area contributed by atoms with E-state index in [9.17, 15) is 29.4 Å². The number of hydrogen-bond acceptors (Lipinski definition) is 7. The monoisotopic (exact) mass is 516 g/mol. The summed E-state index contributed by atoms with van der Waals surface area (Å²) in [4.78, 5) is 57.4. The molecule has 0 bridgehead atoms. The summed E-state index contributed by atoms with van der Waals surface area (Å²) < 4.78 is 0. The Morgan fingerprint density at radius 2 is 1.49 bits per heavy atom. The molecule has 0 aliphatic carbocycles. The number of carboxylic acid groups (broad SMARTS) is 1. The molecule has 1 aromatic carbocycles. The van der Waals surface area contributed by atoms with Gasteiger partial charge in [0.15, 0.2) is 0 Å². The number of phenols is 1. The predicted molar refractivity (Wildman–Crippen MR) is 135 cm³/mol. The van der Waals surface area contributed by atoms with Crippen molar-refractivity contribution in [1.82, 2.24) is 25.9 Å². The lowest BCUT2D eigenvalue weighted by atomic mass is 9.99. The highest BCUT2D eigenvalue weighted by Crippen LogP contribution is 2.13. The summed E-state index contributed by atoms with van der Waals surface area (Å²) in [7, 11) is 0. The van der Waals surface area contributed by atoms with Crippen molar-refractivity contribution in [2.24, 2.45) is 17.6 Å². The fourth-order valence-electron chi connectivity index (χ4n) is 3.63. The van der Waals surface area contributed by atoms with Crippen molar-refractivity contribution in [2.45, 2.75) is 64.7 Å². The fraction of sp³-hybridized carbons (Fsp3) is 0.480. The molecule has 12 heteroatoms. The van der Waals surface area contributed by atoms with Gasteiger partial charge in [-0.25, -0.2) is 9.78 Å². The van der Waals surface area contributed by atoms with Crippen molar-refractivity contribution in [1.29, 1.82) is 0 Å². The van der Waals surface area contributed by atoms with Crippen LogP contribution in [0.25, 0.3) is 0 Å². The van der Waals surface area contributed by atoms with Crippen molar-refractivity contribution in [3.8, 4) is 5.75 Å². The molecule has 0 saturated carbocycles. The van der Waals surface area contributed by atoms with E-state index in [-0.39, 0.29) is 24.5 Å². The first-order valence-corrected chi connectivity index (χ1v) is 12.0. The minimum atomic E-state index is -1.20. The van der Waals surface area contributed by atoms with Gasteiger partial charge in [0.2, 0.25) is 17.7 Å². The highest BCUT2D eigenvalue weighted by Gasteiger charge is 2.32. The van der Waals surface area contributed by atoms with Crippen molar-refractivity contribution in [3.63, 3.8) is 0 Å². The molecule has 1 heterocycles. The van der Waals surface area contributed by atoms with Crippen LogP contribution >= 0.6 is 0 Å². The number of carbonyl (C=O) groups is 4. The van der Waals surface area contributed by atoms with Crippen LogP contribution in [0.2, 0.25) is 0 Å². The van der Waals surface area contributed by atoms with Crippen molar-refractivity contribution in [2.75, 3.05) is 0 Å². The number of benzene rings is 1. The molecule has 0 spiro atoms. The molecule has 3 amide bonds. The fourth-order valence-corrected chi connectivity index (χ4v) is 3.63. The Morgan fingerprint density at radius 1 is 0.892 bits per heavy atom. The molecule has 2 rings (SSSR count).